The van der Waals surface area contributed by atoms with Gasteiger partial charge in [0.05, 0.1) is 23.8 Å². The van der Waals surface area contributed by atoms with Crippen LogP contribution in [-0.4, -0.2) is 61.8 Å². The van der Waals surface area contributed by atoms with Crippen molar-refractivity contribution in [1.29, 1.82) is 0 Å². The number of aromatic nitrogens is 4. The SMILES string of the molecule is CC(C)n1ncc2cc(NC(=O)N3CCN(c4ccc([N+](=O)[O-])nc4)CC3)cnc21. The molecule has 0 atom stereocenters. The maximum atomic E-state index is 12.6. The van der Waals surface area contributed by atoms with E-state index in [2.05, 4.69) is 25.3 Å². The molecule has 1 fully saturated rings. The lowest BCUT2D eigenvalue weighted by molar-refractivity contribution is -0.389. The highest BCUT2D eigenvalue weighted by Crippen LogP contribution is 2.21. The fourth-order valence-electron chi connectivity index (χ4n) is 3.43. The molecule has 11 heteroatoms. The molecule has 4 rings (SSSR count). The Balaban J connectivity index is 1.36. The lowest BCUT2D eigenvalue weighted by Crippen LogP contribution is -2.50. The van der Waals surface area contributed by atoms with Crippen molar-refractivity contribution >= 4 is 34.3 Å². The van der Waals surface area contributed by atoms with E-state index >= 15 is 0 Å². The minimum atomic E-state index is -0.522. The summed E-state index contributed by atoms with van der Waals surface area (Å²) in [4.78, 5) is 34.9. The quantitative estimate of drug-likeness (QED) is 0.518. The molecule has 2 amide bonds. The number of fused-ring (bicyclic) bond motifs is 1. The van der Waals surface area contributed by atoms with Gasteiger partial charge in [0.1, 0.15) is 0 Å². The van der Waals surface area contributed by atoms with Crippen LogP contribution in [0.4, 0.5) is 22.0 Å². The molecule has 0 unspecified atom stereocenters. The van der Waals surface area contributed by atoms with Crippen molar-refractivity contribution < 1.29 is 9.72 Å². The lowest BCUT2D eigenvalue weighted by Gasteiger charge is -2.35. The molecule has 0 bridgehead atoms. The summed E-state index contributed by atoms with van der Waals surface area (Å²) in [6.45, 7) is 6.37. The van der Waals surface area contributed by atoms with Crippen LogP contribution in [0.3, 0.4) is 0 Å². The van der Waals surface area contributed by atoms with Gasteiger partial charge in [-0.25, -0.2) is 14.5 Å². The van der Waals surface area contributed by atoms with Crippen LogP contribution in [0, 0.1) is 10.1 Å². The summed E-state index contributed by atoms with van der Waals surface area (Å²) >= 11 is 0. The molecule has 4 heterocycles. The normalized spacial score (nSPS) is 14.4. The van der Waals surface area contributed by atoms with Crippen molar-refractivity contribution in [2.24, 2.45) is 0 Å². The lowest BCUT2D eigenvalue weighted by atomic mass is 10.2. The van der Waals surface area contributed by atoms with Gasteiger partial charge in [-0.15, -0.1) is 0 Å². The van der Waals surface area contributed by atoms with E-state index in [0.29, 0.717) is 31.9 Å². The number of piperazine rings is 1. The topological polar surface area (TPSA) is 122 Å². The zero-order chi connectivity index (χ0) is 21.3. The molecule has 30 heavy (non-hydrogen) atoms. The van der Waals surface area contributed by atoms with Gasteiger partial charge in [-0.1, -0.05) is 0 Å². The van der Waals surface area contributed by atoms with Gasteiger partial charge in [0.2, 0.25) is 0 Å². The van der Waals surface area contributed by atoms with Gasteiger partial charge in [0.15, 0.2) is 11.8 Å². The van der Waals surface area contributed by atoms with E-state index in [0.717, 1.165) is 16.7 Å². The molecule has 0 aromatic carbocycles. The summed E-state index contributed by atoms with van der Waals surface area (Å²) in [7, 11) is 0. The number of anilines is 2. The van der Waals surface area contributed by atoms with E-state index in [1.807, 2.05) is 24.6 Å². The van der Waals surface area contributed by atoms with E-state index < -0.39 is 4.92 Å². The second-order valence-corrected chi connectivity index (χ2v) is 7.36. The Labute approximate surface area is 172 Å². The number of nitro groups is 1. The Morgan fingerprint density at radius 1 is 1.13 bits per heavy atom. The number of rotatable bonds is 4. The monoisotopic (exact) mass is 410 g/mol. The van der Waals surface area contributed by atoms with Crippen LogP contribution < -0.4 is 10.2 Å². The van der Waals surface area contributed by atoms with Crippen molar-refractivity contribution in [3.05, 3.63) is 46.9 Å². The number of nitrogens with one attached hydrogen (secondary N) is 1. The van der Waals surface area contributed by atoms with Crippen molar-refractivity contribution in [3.63, 3.8) is 0 Å². The van der Waals surface area contributed by atoms with Crippen LogP contribution >= 0.6 is 0 Å². The van der Waals surface area contributed by atoms with Gasteiger partial charge < -0.3 is 25.2 Å². The number of hydrogen-bond donors (Lipinski definition) is 1. The average Bonchev–Trinajstić information content (AvgIpc) is 3.17. The summed E-state index contributed by atoms with van der Waals surface area (Å²) in [6, 6.07) is 4.95. The molecular formula is C19H22N8O3. The first-order valence-electron chi connectivity index (χ1n) is 9.67. The highest BCUT2D eigenvalue weighted by molar-refractivity contribution is 5.91. The number of nitrogens with zero attached hydrogens (tertiary/aromatic N) is 7. The molecule has 11 nitrogen and oxygen atoms in total. The van der Waals surface area contributed by atoms with Crippen LogP contribution in [0.1, 0.15) is 19.9 Å². The van der Waals surface area contributed by atoms with Gasteiger partial charge in [0, 0.05) is 43.7 Å². The second-order valence-electron chi connectivity index (χ2n) is 7.36. The summed E-state index contributed by atoms with van der Waals surface area (Å²) in [5.74, 6) is -0.179. The van der Waals surface area contributed by atoms with Crippen molar-refractivity contribution in [3.8, 4) is 0 Å². The predicted octanol–water partition coefficient (Wildman–Crippen LogP) is 2.67. The molecular weight excluding hydrogens is 388 g/mol. The Morgan fingerprint density at radius 2 is 1.90 bits per heavy atom. The Kier molecular flexibility index (Phi) is 5.17. The number of hydrogen-bond acceptors (Lipinski definition) is 7. The van der Waals surface area contributed by atoms with Crippen LogP contribution in [0.15, 0.2) is 36.8 Å². The fraction of sp³-hybridized carbons (Fsp3) is 0.368. The number of carbonyl (C=O) groups is 1. The van der Waals surface area contributed by atoms with Crippen LogP contribution in [-0.2, 0) is 0 Å². The summed E-state index contributed by atoms with van der Waals surface area (Å²) < 4.78 is 1.84. The third-order valence-electron chi connectivity index (χ3n) is 5.03. The van der Waals surface area contributed by atoms with Gasteiger partial charge in [-0.05, 0) is 35.9 Å². The minimum absolute atomic E-state index is 0.179. The van der Waals surface area contributed by atoms with Gasteiger partial charge in [-0.3, -0.25) is 0 Å². The summed E-state index contributed by atoms with van der Waals surface area (Å²) in [5.41, 5.74) is 2.21. The summed E-state index contributed by atoms with van der Waals surface area (Å²) in [6.07, 6.45) is 4.88. The first kappa shape index (κ1) is 19.6. The minimum Gasteiger partial charge on any atom is -0.365 e. The molecule has 1 aliphatic heterocycles. The molecule has 3 aromatic rings. The molecule has 3 aromatic heterocycles. The van der Waals surface area contributed by atoms with E-state index in [-0.39, 0.29) is 17.9 Å². The number of urea groups is 1. The molecule has 1 saturated heterocycles. The Bertz CT molecular complexity index is 1070. The molecule has 0 aliphatic carbocycles. The second kappa shape index (κ2) is 7.93. The maximum Gasteiger partial charge on any atom is 0.363 e. The van der Waals surface area contributed by atoms with Crippen molar-refractivity contribution in [2.75, 3.05) is 36.4 Å². The number of carbonyl (C=O) groups excluding carboxylic acids is 1. The maximum absolute atomic E-state index is 12.6. The van der Waals surface area contributed by atoms with Crippen LogP contribution in [0.5, 0.6) is 0 Å². The average molecular weight is 410 g/mol. The highest BCUT2D eigenvalue weighted by atomic mass is 16.6. The van der Waals surface area contributed by atoms with Gasteiger partial charge >= 0.3 is 11.8 Å². The van der Waals surface area contributed by atoms with Gasteiger partial charge in [-0.2, -0.15) is 5.10 Å². The first-order chi connectivity index (χ1) is 14.4. The van der Waals surface area contributed by atoms with Crippen molar-refractivity contribution in [1.82, 2.24) is 24.6 Å². The van der Waals surface area contributed by atoms with E-state index in [1.54, 1.807) is 23.4 Å². The Morgan fingerprint density at radius 3 is 2.53 bits per heavy atom. The van der Waals surface area contributed by atoms with Crippen LogP contribution in [0.25, 0.3) is 11.0 Å². The molecule has 1 aliphatic rings. The number of pyridine rings is 2. The third kappa shape index (κ3) is 3.86. The zero-order valence-electron chi connectivity index (χ0n) is 16.7. The smallest absolute Gasteiger partial charge is 0.363 e. The molecule has 0 saturated carbocycles. The summed E-state index contributed by atoms with van der Waals surface area (Å²) in [5, 5.41) is 18.8. The van der Waals surface area contributed by atoms with Crippen LogP contribution in [0.2, 0.25) is 0 Å². The fourth-order valence-corrected chi connectivity index (χ4v) is 3.43. The van der Waals surface area contributed by atoms with E-state index in [1.165, 1.54) is 12.3 Å². The predicted molar refractivity (Wildman–Crippen MR) is 112 cm³/mol. The molecule has 1 N–H and O–H groups in total. The van der Waals surface area contributed by atoms with E-state index in [9.17, 15) is 14.9 Å². The van der Waals surface area contributed by atoms with Gasteiger partial charge in [0.25, 0.3) is 0 Å². The largest absolute Gasteiger partial charge is 0.365 e. The van der Waals surface area contributed by atoms with E-state index in [4.69, 9.17) is 0 Å². The molecule has 156 valence electrons. The Hall–Kier alpha value is -3.76. The number of amides is 2. The highest BCUT2D eigenvalue weighted by Gasteiger charge is 2.23. The first-order valence-corrected chi connectivity index (χ1v) is 9.67. The van der Waals surface area contributed by atoms with Crippen molar-refractivity contribution in [2.45, 2.75) is 19.9 Å². The molecule has 0 spiro atoms. The standard InChI is InChI=1S/C19H22N8O3/c1-13(2)26-18-14(10-22-26)9-15(11-21-18)23-19(28)25-7-5-24(6-8-25)16-3-4-17(20-12-16)27(29)30/h3-4,9-13H,5-8H2,1-2H3,(H,23,28). The third-order valence-corrected chi connectivity index (χ3v) is 5.03. The molecule has 0 radical (unpaired) electrons. The zero-order valence-corrected chi connectivity index (χ0v) is 16.7.